The molecule has 0 heterocycles. The molecule has 0 atom stereocenters. The molecule has 9 heteroatoms. The lowest BCUT2D eigenvalue weighted by Gasteiger charge is -2.14. The Bertz CT molecular complexity index is 1000. The third kappa shape index (κ3) is 5.02. The normalized spacial score (nSPS) is 13.5. The van der Waals surface area contributed by atoms with Crippen LogP contribution in [0.4, 0.5) is 14.5 Å². The first-order valence-electron chi connectivity index (χ1n) is 8.58. The van der Waals surface area contributed by atoms with Crippen molar-refractivity contribution in [3.05, 3.63) is 67.6 Å². The molecule has 5 nitrogen and oxygen atoms in total. The number of carboxylic acid groups (broad SMARTS) is 1. The Hall–Kier alpha value is -2.26. The minimum atomic E-state index is -1.07. The highest BCUT2D eigenvalue weighted by Crippen LogP contribution is 2.37. The summed E-state index contributed by atoms with van der Waals surface area (Å²) in [5.74, 6) is -2.99. The lowest BCUT2D eigenvalue weighted by molar-refractivity contribution is -0.133. The van der Waals surface area contributed by atoms with Gasteiger partial charge in [-0.1, -0.05) is 6.07 Å². The summed E-state index contributed by atoms with van der Waals surface area (Å²) in [6.07, 6.45) is 1.43. The predicted molar refractivity (Wildman–Crippen MR) is 110 cm³/mol. The van der Waals surface area contributed by atoms with Crippen molar-refractivity contribution >= 4 is 49.4 Å². The number of hydrogen-bond donors (Lipinski definition) is 2. The molecule has 152 valence electrons. The van der Waals surface area contributed by atoms with Crippen LogP contribution in [0.2, 0.25) is 0 Å². The van der Waals surface area contributed by atoms with Gasteiger partial charge in [-0.05, 0) is 81.0 Å². The first-order chi connectivity index (χ1) is 13.8. The monoisotopic (exact) mass is 529 g/mol. The summed E-state index contributed by atoms with van der Waals surface area (Å²) in [6, 6.07) is 6.73. The Balaban J connectivity index is 1.73. The summed E-state index contributed by atoms with van der Waals surface area (Å²) in [5.41, 5.74) is 1.32. The molecule has 1 amide bonds. The molecule has 0 saturated heterocycles. The molecule has 2 aromatic carbocycles. The van der Waals surface area contributed by atoms with Gasteiger partial charge in [0.1, 0.15) is 12.4 Å². The van der Waals surface area contributed by atoms with Crippen LogP contribution in [0, 0.1) is 11.6 Å². The molecule has 2 aromatic rings. The molecule has 0 unspecified atom stereocenters. The number of benzene rings is 2. The summed E-state index contributed by atoms with van der Waals surface area (Å²) < 4.78 is 33.0. The van der Waals surface area contributed by atoms with Crippen molar-refractivity contribution in [2.24, 2.45) is 0 Å². The Morgan fingerprint density at radius 3 is 2.31 bits per heavy atom. The van der Waals surface area contributed by atoms with E-state index in [0.717, 1.165) is 12.1 Å². The minimum absolute atomic E-state index is 0.00889. The maximum Gasteiger partial charge on any atom is 0.332 e. The zero-order valence-corrected chi connectivity index (χ0v) is 18.1. The van der Waals surface area contributed by atoms with Crippen LogP contribution in [0.15, 0.2) is 50.4 Å². The van der Waals surface area contributed by atoms with Gasteiger partial charge >= 0.3 is 5.97 Å². The number of halogens is 4. The van der Waals surface area contributed by atoms with Crippen LogP contribution in [0.25, 0.3) is 0 Å². The first-order valence-corrected chi connectivity index (χ1v) is 10.2. The zero-order valence-electron chi connectivity index (χ0n) is 14.9. The third-order valence-electron chi connectivity index (χ3n) is 4.37. The van der Waals surface area contributed by atoms with Crippen LogP contribution in [0.1, 0.15) is 24.8 Å². The van der Waals surface area contributed by atoms with Crippen molar-refractivity contribution in [2.75, 3.05) is 5.32 Å². The molecule has 0 spiro atoms. The van der Waals surface area contributed by atoms with Crippen molar-refractivity contribution in [1.82, 2.24) is 0 Å². The summed E-state index contributed by atoms with van der Waals surface area (Å²) in [4.78, 5) is 23.7. The fraction of sp³-hybridized carbons (Fsp3) is 0.200. The lowest BCUT2D eigenvalue weighted by atomic mass is 10.1. The Morgan fingerprint density at radius 1 is 1.03 bits per heavy atom. The van der Waals surface area contributed by atoms with E-state index in [1.807, 2.05) is 0 Å². The smallest absolute Gasteiger partial charge is 0.332 e. The van der Waals surface area contributed by atoms with Crippen molar-refractivity contribution in [2.45, 2.75) is 25.9 Å². The number of carbonyl (C=O) groups excluding carboxylic acids is 1. The molecule has 0 fully saturated rings. The molecule has 29 heavy (non-hydrogen) atoms. The van der Waals surface area contributed by atoms with Crippen molar-refractivity contribution in [1.29, 1.82) is 0 Å². The second-order valence-electron chi connectivity index (χ2n) is 6.38. The van der Waals surface area contributed by atoms with Crippen LogP contribution in [0.3, 0.4) is 0 Å². The number of anilines is 1. The predicted octanol–water partition coefficient (Wildman–Crippen LogP) is 5.57. The van der Waals surface area contributed by atoms with Crippen LogP contribution in [-0.4, -0.2) is 17.0 Å². The highest BCUT2D eigenvalue weighted by molar-refractivity contribution is 9.11. The van der Waals surface area contributed by atoms with E-state index in [0.29, 0.717) is 45.2 Å². The average molecular weight is 531 g/mol. The SMILES string of the molecule is O=C(O)C1=C(C(=O)Nc2cc(Br)c(OCc3ccc(F)c(F)c3)c(Br)c2)CCC1. The molecule has 0 aliphatic heterocycles. The average Bonchev–Trinajstić information content (AvgIpc) is 3.14. The van der Waals surface area contributed by atoms with Crippen LogP contribution < -0.4 is 10.1 Å². The highest BCUT2D eigenvalue weighted by Gasteiger charge is 2.25. The number of carbonyl (C=O) groups is 2. The first kappa shape index (κ1) is 21.4. The van der Waals surface area contributed by atoms with E-state index in [4.69, 9.17) is 4.74 Å². The van der Waals surface area contributed by atoms with E-state index >= 15 is 0 Å². The number of carboxylic acids is 1. The Labute approximate surface area is 182 Å². The summed E-state index contributed by atoms with van der Waals surface area (Å²) >= 11 is 6.72. The zero-order chi connectivity index (χ0) is 21.1. The van der Waals surface area contributed by atoms with Crippen LogP contribution in [-0.2, 0) is 16.2 Å². The van der Waals surface area contributed by atoms with E-state index in [1.165, 1.54) is 6.07 Å². The molecule has 0 aromatic heterocycles. The molecule has 0 radical (unpaired) electrons. The van der Waals surface area contributed by atoms with Gasteiger partial charge in [-0.3, -0.25) is 4.79 Å². The second kappa shape index (κ2) is 9.04. The maximum atomic E-state index is 13.3. The van der Waals surface area contributed by atoms with E-state index in [-0.39, 0.29) is 17.8 Å². The van der Waals surface area contributed by atoms with E-state index in [9.17, 15) is 23.5 Å². The van der Waals surface area contributed by atoms with Gasteiger partial charge in [0, 0.05) is 16.8 Å². The fourth-order valence-electron chi connectivity index (χ4n) is 2.99. The molecule has 3 rings (SSSR count). The number of aliphatic carboxylic acids is 1. The molecule has 0 bridgehead atoms. The molecular formula is C20H15Br2F2NO4. The largest absolute Gasteiger partial charge is 0.487 e. The topological polar surface area (TPSA) is 75.6 Å². The molecule has 2 N–H and O–H groups in total. The number of nitrogens with one attached hydrogen (secondary N) is 1. The fourth-order valence-corrected chi connectivity index (χ4v) is 4.41. The van der Waals surface area contributed by atoms with Crippen molar-refractivity contribution in [3.8, 4) is 5.75 Å². The maximum absolute atomic E-state index is 13.3. The lowest BCUT2D eigenvalue weighted by Crippen LogP contribution is -2.16. The number of hydrogen-bond acceptors (Lipinski definition) is 3. The number of ether oxygens (including phenoxy) is 1. The van der Waals surface area contributed by atoms with Gasteiger partial charge in [0.2, 0.25) is 0 Å². The third-order valence-corrected chi connectivity index (χ3v) is 5.55. The molecular weight excluding hydrogens is 516 g/mol. The Morgan fingerprint density at radius 2 is 1.69 bits per heavy atom. The van der Waals surface area contributed by atoms with E-state index < -0.39 is 23.5 Å². The minimum Gasteiger partial charge on any atom is -0.487 e. The molecule has 1 aliphatic carbocycles. The highest BCUT2D eigenvalue weighted by atomic mass is 79.9. The van der Waals surface area contributed by atoms with Gasteiger partial charge in [0.05, 0.1) is 8.95 Å². The Kier molecular flexibility index (Phi) is 6.69. The van der Waals surface area contributed by atoms with Gasteiger partial charge in [-0.15, -0.1) is 0 Å². The number of rotatable bonds is 6. The van der Waals surface area contributed by atoms with E-state index in [2.05, 4.69) is 37.2 Å². The van der Waals surface area contributed by atoms with Gasteiger partial charge in [0.15, 0.2) is 11.6 Å². The molecule has 0 saturated carbocycles. The summed E-state index contributed by atoms with van der Waals surface area (Å²) in [6.45, 7) is 0.00889. The van der Waals surface area contributed by atoms with Crippen molar-refractivity contribution < 1.29 is 28.2 Å². The van der Waals surface area contributed by atoms with E-state index in [1.54, 1.807) is 12.1 Å². The standard InChI is InChI=1S/C20H15Br2F2NO4/c21-14-7-11(25-19(26)12-2-1-3-13(12)20(27)28)8-15(22)18(14)29-9-10-4-5-16(23)17(24)6-10/h4-8H,1-3,9H2,(H,25,26)(H,27,28). The quantitative estimate of drug-likeness (QED) is 0.511. The van der Waals surface area contributed by atoms with Gasteiger partial charge in [-0.25, -0.2) is 13.6 Å². The van der Waals surface area contributed by atoms with Crippen LogP contribution >= 0.6 is 31.9 Å². The number of amides is 1. The second-order valence-corrected chi connectivity index (χ2v) is 8.08. The van der Waals surface area contributed by atoms with Gasteiger partial charge < -0.3 is 15.2 Å². The van der Waals surface area contributed by atoms with Crippen LogP contribution in [0.5, 0.6) is 5.75 Å². The summed E-state index contributed by atoms with van der Waals surface area (Å²) in [5, 5.41) is 11.9. The summed E-state index contributed by atoms with van der Waals surface area (Å²) in [7, 11) is 0. The van der Waals surface area contributed by atoms with Gasteiger partial charge in [-0.2, -0.15) is 0 Å². The molecule has 1 aliphatic rings. The van der Waals surface area contributed by atoms with Crippen molar-refractivity contribution in [3.63, 3.8) is 0 Å². The van der Waals surface area contributed by atoms with Gasteiger partial charge in [0.25, 0.3) is 5.91 Å².